The first-order chi connectivity index (χ1) is 11.9. The molecule has 3 nitrogen and oxygen atoms in total. The lowest BCUT2D eigenvalue weighted by Crippen LogP contribution is -2.46. The summed E-state index contributed by atoms with van der Waals surface area (Å²) in [6.07, 6.45) is 13.0. The fraction of sp³-hybridized carbons (Fsp3) is 0.714. The zero-order valence-electron chi connectivity index (χ0n) is 15.3. The molecule has 1 unspecified atom stereocenters. The number of carbonyl (C=O) groups excluding carboxylic acids is 2. The van der Waals surface area contributed by atoms with Crippen molar-refractivity contribution in [2.45, 2.75) is 58.3 Å². The molecule has 2 fully saturated rings. The Morgan fingerprint density at radius 2 is 2.00 bits per heavy atom. The molecule has 0 heterocycles. The highest BCUT2D eigenvalue weighted by Crippen LogP contribution is 2.63. The molecule has 0 radical (unpaired) electrons. The second-order valence-corrected chi connectivity index (χ2v) is 10.3. The Kier molecular flexibility index (Phi) is 4.18. The molecule has 0 spiro atoms. The van der Waals surface area contributed by atoms with Crippen LogP contribution in [0.3, 0.4) is 0 Å². The second kappa shape index (κ2) is 6.00. The van der Waals surface area contributed by atoms with Gasteiger partial charge in [-0.1, -0.05) is 24.1 Å². The molecule has 0 aromatic carbocycles. The number of carbonyl (C=O) groups is 2. The molecule has 4 rings (SSSR count). The molecule has 0 saturated heterocycles. The van der Waals surface area contributed by atoms with E-state index in [4.69, 9.17) is 0 Å². The Bertz CT molecular complexity index is 719. The summed E-state index contributed by atoms with van der Waals surface area (Å²) in [5, 5.41) is 0. The van der Waals surface area contributed by atoms with Crippen LogP contribution in [0, 0.1) is 22.7 Å². The molecule has 0 aliphatic heterocycles. The number of fused-ring (bicyclic) bond motifs is 5. The zero-order chi connectivity index (χ0) is 17.8. The molecule has 136 valence electrons. The predicted octanol–water partition coefficient (Wildman–Crippen LogP) is 3.76. The third kappa shape index (κ3) is 2.55. The van der Waals surface area contributed by atoms with Gasteiger partial charge in [-0.25, -0.2) is 0 Å². The molecule has 4 heteroatoms. The van der Waals surface area contributed by atoms with Gasteiger partial charge >= 0.3 is 0 Å². The normalized spacial score (nSPS) is 41.4. The van der Waals surface area contributed by atoms with Crippen LogP contribution in [0.2, 0.25) is 0 Å². The predicted molar refractivity (Wildman–Crippen MR) is 99.6 cm³/mol. The van der Waals surface area contributed by atoms with Crippen LogP contribution in [-0.4, -0.2) is 27.8 Å². The number of allylic oxidation sites excluding steroid dienone is 4. The minimum absolute atomic E-state index is 0.0601. The van der Waals surface area contributed by atoms with E-state index in [2.05, 4.69) is 13.0 Å². The summed E-state index contributed by atoms with van der Waals surface area (Å²) in [5.74, 6) is 2.32. The van der Waals surface area contributed by atoms with E-state index in [1.54, 1.807) is 6.26 Å². The quantitative estimate of drug-likeness (QED) is 0.720. The number of rotatable bonds is 3. The fourth-order valence-corrected chi connectivity index (χ4v) is 6.84. The average Bonchev–Trinajstić information content (AvgIpc) is 2.88. The van der Waals surface area contributed by atoms with Crippen molar-refractivity contribution in [3.63, 3.8) is 0 Å². The molecule has 4 aliphatic rings. The largest absolute Gasteiger partial charge is 0.299 e. The van der Waals surface area contributed by atoms with Crippen LogP contribution in [0.1, 0.15) is 58.3 Å². The lowest BCUT2D eigenvalue weighted by atomic mass is 9.50. The monoisotopic (exact) mass is 360 g/mol. The molecular formula is C21H28O3S. The minimum Gasteiger partial charge on any atom is -0.299 e. The Balaban J connectivity index is 1.77. The van der Waals surface area contributed by atoms with E-state index in [9.17, 15) is 13.8 Å². The van der Waals surface area contributed by atoms with Gasteiger partial charge in [0.15, 0.2) is 5.78 Å². The van der Waals surface area contributed by atoms with E-state index < -0.39 is 10.8 Å². The zero-order valence-corrected chi connectivity index (χ0v) is 16.1. The Labute approximate surface area is 152 Å². The van der Waals surface area contributed by atoms with Crippen molar-refractivity contribution in [2.75, 3.05) is 12.0 Å². The van der Waals surface area contributed by atoms with Crippen LogP contribution in [0.4, 0.5) is 0 Å². The highest BCUT2D eigenvalue weighted by Gasteiger charge is 2.56. The third-order valence-electron chi connectivity index (χ3n) is 7.61. The van der Waals surface area contributed by atoms with Crippen LogP contribution in [0.5, 0.6) is 0 Å². The number of hydrogen-bond acceptors (Lipinski definition) is 3. The van der Waals surface area contributed by atoms with Gasteiger partial charge in [0.1, 0.15) is 5.78 Å². The molecule has 0 aromatic rings. The van der Waals surface area contributed by atoms with Crippen molar-refractivity contribution >= 4 is 22.4 Å². The van der Waals surface area contributed by atoms with E-state index in [0.717, 1.165) is 44.9 Å². The summed E-state index contributed by atoms with van der Waals surface area (Å²) in [6.45, 7) is 2.17. The Morgan fingerprint density at radius 1 is 1.20 bits per heavy atom. The SMILES string of the molecule is CS(=O)CC[C@]12CCC(=O)C=C1CC[C@@H]1C2=CC[C@]2(C)C(=O)CC[C@@H]12. The maximum atomic E-state index is 12.5. The number of Topliss-reactive ketones (excluding diaryl/α,β-unsaturated/α-hetero) is 1. The van der Waals surface area contributed by atoms with Gasteiger partial charge in [-0.05, 0) is 56.4 Å². The fourth-order valence-electron chi connectivity index (χ4n) is 6.21. The van der Waals surface area contributed by atoms with E-state index in [1.807, 2.05) is 6.08 Å². The van der Waals surface area contributed by atoms with Crippen LogP contribution in [0.25, 0.3) is 0 Å². The Morgan fingerprint density at radius 3 is 2.76 bits per heavy atom. The van der Waals surface area contributed by atoms with Crippen molar-refractivity contribution in [3.8, 4) is 0 Å². The van der Waals surface area contributed by atoms with E-state index in [0.29, 0.717) is 29.8 Å². The van der Waals surface area contributed by atoms with E-state index >= 15 is 0 Å². The van der Waals surface area contributed by atoms with Crippen molar-refractivity contribution in [1.82, 2.24) is 0 Å². The van der Waals surface area contributed by atoms with Gasteiger partial charge < -0.3 is 0 Å². The molecule has 0 N–H and O–H groups in total. The maximum Gasteiger partial charge on any atom is 0.155 e. The van der Waals surface area contributed by atoms with Crippen molar-refractivity contribution in [1.29, 1.82) is 0 Å². The van der Waals surface area contributed by atoms with Gasteiger partial charge in [0, 0.05) is 46.5 Å². The number of hydrogen-bond donors (Lipinski definition) is 0. The first-order valence-corrected chi connectivity index (χ1v) is 11.4. The van der Waals surface area contributed by atoms with Crippen molar-refractivity contribution in [3.05, 3.63) is 23.3 Å². The van der Waals surface area contributed by atoms with Crippen LogP contribution < -0.4 is 0 Å². The van der Waals surface area contributed by atoms with Gasteiger partial charge in [0.25, 0.3) is 0 Å². The molecule has 5 atom stereocenters. The summed E-state index contributed by atoms with van der Waals surface area (Å²) in [7, 11) is -0.821. The van der Waals surface area contributed by atoms with E-state index in [-0.39, 0.29) is 16.6 Å². The molecule has 0 aromatic heterocycles. The van der Waals surface area contributed by atoms with Crippen molar-refractivity contribution in [2.24, 2.45) is 22.7 Å². The van der Waals surface area contributed by atoms with Gasteiger partial charge in [-0.2, -0.15) is 0 Å². The first-order valence-electron chi connectivity index (χ1n) is 9.64. The van der Waals surface area contributed by atoms with Crippen LogP contribution in [-0.2, 0) is 20.4 Å². The summed E-state index contributed by atoms with van der Waals surface area (Å²) in [6, 6.07) is 0. The molecule has 2 saturated carbocycles. The van der Waals surface area contributed by atoms with Gasteiger partial charge in [0.2, 0.25) is 0 Å². The van der Waals surface area contributed by atoms with Gasteiger partial charge in [-0.3, -0.25) is 13.8 Å². The first kappa shape index (κ1) is 17.4. The molecular weight excluding hydrogens is 332 g/mol. The summed E-state index contributed by atoms with van der Waals surface area (Å²) < 4.78 is 11.8. The molecule has 25 heavy (non-hydrogen) atoms. The lowest BCUT2D eigenvalue weighted by molar-refractivity contribution is -0.127. The minimum atomic E-state index is -0.821. The lowest BCUT2D eigenvalue weighted by Gasteiger charge is -2.53. The summed E-state index contributed by atoms with van der Waals surface area (Å²) in [4.78, 5) is 24.5. The van der Waals surface area contributed by atoms with Crippen molar-refractivity contribution < 1.29 is 13.8 Å². The highest BCUT2D eigenvalue weighted by atomic mass is 32.2. The smallest absolute Gasteiger partial charge is 0.155 e. The molecule has 0 bridgehead atoms. The maximum absolute atomic E-state index is 12.5. The standard InChI is InChI=1S/C21H28O3S/c1-20-9-8-18-16(17(20)5-6-19(20)23)4-3-14-13-15(22)7-10-21(14,18)11-12-25(2)24/h8,13,16-17H,3-7,9-12H2,1-2H3/t16-,17-,20-,21+,25?/m0/s1. The van der Waals surface area contributed by atoms with Crippen LogP contribution in [0.15, 0.2) is 23.3 Å². The molecule has 0 amide bonds. The Hall–Kier alpha value is -1.03. The van der Waals surface area contributed by atoms with Gasteiger partial charge in [0.05, 0.1) is 0 Å². The topological polar surface area (TPSA) is 51.2 Å². The summed E-state index contributed by atoms with van der Waals surface area (Å²) >= 11 is 0. The van der Waals surface area contributed by atoms with Crippen LogP contribution >= 0.6 is 0 Å². The molecule has 4 aliphatic carbocycles. The number of ketones is 2. The second-order valence-electron chi connectivity index (χ2n) is 8.74. The summed E-state index contributed by atoms with van der Waals surface area (Å²) in [5.41, 5.74) is 2.54. The highest BCUT2D eigenvalue weighted by molar-refractivity contribution is 7.84. The third-order valence-corrected chi connectivity index (χ3v) is 8.39. The van der Waals surface area contributed by atoms with Gasteiger partial charge in [-0.15, -0.1) is 0 Å². The average molecular weight is 361 g/mol. The van der Waals surface area contributed by atoms with E-state index in [1.165, 1.54) is 11.1 Å².